The molecule has 2 rings (SSSR count). The van der Waals surface area contributed by atoms with Gasteiger partial charge in [0, 0.05) is 10.6 Å². The maximum Gasteiger partial charge on any atom is 0.341 e. The minimum absolute atomic E-state index is 0.243. The van der Waals surface area contributed by atoms with Crippen LogP contribution in [0.2, 0.25) is 5.02 Å². The number of aliphatic carboxylic acids is 1. The van der Waals surface area contributed by atoms with Crippen molar-refractivity contribution < 1.29 is 19.4 Å². The molecule has 0 radical (unpaired) electrons. The zero-order chi connectivity index (χ0) is 16.1. The van der Waals surface area contributed by atoms with Gasteiger partial charge in [-0.05, 0) is 37.3 Å². The summed E-state index contributed by atoms with van der Waals surface area (Å²) in [5.41, 5.74) is 1.85. The zero-order valence-corrected chi connectivity index (χ0v) is 12.6. The molecule has 0 saturated heterocycles. The molecule has 2 aromatic rings. The summed E-state index contributed by atoms with van der Waals surface area (Å²) in [6, 6.07) is 11.6. The number of carboxylic acid groups (broad SMARTS) is 1. The molecule has 0 fully saturated rings. The van der Waals surface area contributed by atoms with Crippen LogP contribution in [0, 0.1) is 6.92 Å². The van der Waals surface area contributed by atoms with E-state index in [1.165, 1.54) is 12.1 Å². The second-order valence-electron chi connectivity index (χ2n) is 4.64. The molecular weight excluding hydrogens is 306 g/mol. The van der Waals surface area contributed by atoms with Gasteiger partial charge < -0.3 is 15.2 Å². The number of aryl methyl sites for hydroxylation is 1. The van der Waals surface area contributed by atoms with E-state index in [1.54, 1.807) is 18.2 Å². The van der Waals surface area contributed by atoms with E-state index in [4.69, 9.17) is 21.4 Å². The highest BCUT2D eigenvalue weighted by molar-refractivity contribution is 6.31. The third-order valence-electron chi connectivity index (χ3n) is 2.85. The number of ether oxygens (including phenoxy) is 1. The Hall–Kier alpha value is -2.53. The Balaban J connectivity index is 2.20. The molecule has 22 heavy (non-hydrogen) atoms. The normalized spacial score (nSPS) is 10.1. The van der Waals surface area contributed by atoms with Crippen molar-refractivity contribution in [3.05, 3.63) is 58.6 Å². The van der Waals surface area contributed by atoms with Crippen molar-refractivity contribution in [3.8, 4) is 5.75 Å². The molecule has 0 aliphatic heterocycles. The third kappa shape index (κ3) is 4.23. The lowest BCUT2D eigenvalue weighted by Gasteiger charge is -2.12. The fourth-order valence-corrected chi connectivity index (χ4v) is 1.94. The predicted molar refractivity (Wildman–Crippen MR) is 83.7 cm³/mol. The first kappa shape index (κ1) is 15.9. The van der Waals surface area contributed by atoms with Gasteiger partial charge in [0.1, 0.15) is 5.75 Å². The Kier molecular flexibility index (Phi) is 5.01. The number of carboxylic acids is 1. The Bertz CT molecular complexity index is 698. The Morgan fingerprint density at radius 1 is 1.18 bits per heavy atom. The minimum Gasteiger partial charge on any atom is -0.480 e. The second kappa shape index (κ2) is 6.95. The summed E-state index contributed by atoms with van der Waals surface area (Å²) in [4.78, 5) is 22.8. The number of carbonyl (C=O) groups excluding carboxylic acids is 1. The summed E-state index contributed by atoms with van der Waals surface area (Å²) in [6.45, 7) is 1.42. The molecule has 2 N–H and O–H groups in total. The Labute approximate surface area is 132 Å². The van der Waals surface area contributed by atoms with E-state index in [0.29, 0.717) is 16.3 Å². The summed E-state index contributed by atoms with van der Waals surface area (Å²) in [5.74, 6) is -1.19. The van der Waals surface area contributed by atoms with Crippen molar-refractivity contribution in [2.45, 2.75) is 6.92 Å². The average Bonchev–Trinajstić information content (AvgIpc) is 2.47. The number of carbonyl (C=O) groups is 2. The van der Waals surface area contributed by atoms with Gasteiger partial charge in [-0.1, -0.05) is 29.3 Å². The SMILES string of the molecule is Cc1ccc(C(=O)Nc2cc(Cl)ccc2OCC(=O)O)cc1. The average molecular weight is 320 g/mol. The number of amides is 1. The van der Waals surface area contributed by atoms with Gasteiger partial charge in [-0.15, -0.1) is 0 Å². The Morgan fingerprint density at radius 3 is 2.50 bits per heavy atom. The van der Waals surface area contributed by atoms with Crippen molar-refractivity contribution >= 4 is 29.2 Å². The first-order valence-electron chi connectivity index (χ1n) is 6.48. The molecule has 5 nitrogen and oxygen atoms in total. The number of rotatable bonds is 5. The third-order valence-corrected chi connectivity index (χ3v) is 3.09. The lowest BCUT2D eigenvalue weighted by atomic mass is 10.1. The molecule has 0 bridgehead atoms. The first-order chi connectivity index (χ1) is 10.5. The molecule has 0 saturated carbocycles. The maximum atomic E-state index is 12.2. The quantitative estimate of drug-likeness (QED) is 0.886. The molecule has 0 aromatic heterocycles. The van der Waals surface area contributed by atoms with Gasteiger partial charge in [-0.3, -0.25) is 4.79 Å². The maximum absolute atomic E-state index is 12.2. The smallest absolute Gasteiger partial charge is 0.341 e. The van der Waals surface area contributed by atoms with Crippen molar-refractivity contribution in [1.29, 1.82) is 0 Å². The van der Waals surface area contributed by atoms with Crippen LogP contribution < -0.4 is 10.1 Å². The lowest BCUT2D eigenvalue weighted by molar-refractivity contribution is -0.139. The van der Waals surface area contributed by atoms with E-state index in [2.05, 4.69) is 5.32 Å². The summed E-state index contributed by atoms with van der Waals surface area (Å²) in [5, 5.41) is 11.7. The van der Waals surface area contributed by atoms with E-state index in [1.807, 2.05) is 19.1 Å². The summed E-state index contributed by atoms with van der Waals surface area (Å²) < 4.78 is 5.14. The largest absolute Gasteiger partial charge is 0.480 e. The molecule has 0 spiro atoms. The lowest BCUT2D eigenvalue weighted by Crippen LogP contribution is -2.15. The van der Waals surface area contributed by atoms with E-state index in [9.17, 15) is 9.59 Å². The molecule has 0 heterocycles. The topological polar surface area (TPSA) is 75.6 Å². The second-order valence-corrected chi connectivity index (χ2v) is 5.08. The predicted octanol–water partition coefficient (Wildman–Crippen LogP) is 3.36. The number of anilines is 1. The van der Waals surface area contributed by atoms with E-state index in [0.717, 1.165) is 5.56 Å². The number of hydrogen-bond acceptors (Lipinski definition) is 3. The molecular formula is C16H14ClNO4. The van der Waals surface area contributed by atoms with Crippen LogP contribution in [0.4, 0.5) is 5.69 Å². The van der Waals surface area contributed by atoms with Gasteiger partial charge in [0.2, 0.25) is 0 Å². The van der Waals surface area contributed by atoms with Gasteiger partial charge in [-0.25, -0.2) is 4.79 Å². The standard InChI is InChI=1S/C16H14ClNO4/c1-10-2-4-11(5-3-10)16(21)18-13-8-12(17)6-7-14(13)22-9-15(19)20/h2-8H,9H2,1H3,(H,18,21)(H,19,20). The first-order valence-corrected chi connectivity index (χ1v) is 6.85. The summed E-state index contributed by atoms with van der Waals surface area (Å²) >= 11 is 5.91. The molecule has 6 heteroatoms. The van der Waals surface area contributed by atoms with Crippen molar-refractivity contribution in [3.63, 3.8) is 0 Å². The number of nitrogens with one attached hydrogen (secondary N) is 1. The minimum atomic E-state index is -1.11. The highest BCUT2D eigenvalue weighted by Crippen LogP contribution is 2.28. The van der Waals surface area contributed by atoms with Crippen LogP contribution in [0.15, 0.2) is 42.5 Å². The van der Waals surface area contributed by atoms with Crippen LogP contribution in [0.5, 0.6) is 5.75 Å². The van der Waals surface area contributed by atoms with Gasteiger partial charge in [0.15, 0.2) is 6.61 Å². The molecule has 0 aliphatic carbocycles. The summed E-state index contributed by atoms with van der Waals surface area (Å²) in [7, 11) is 0. The highest BCUT2D eigenvalue weighted by atomic mass is 35.5. The monoisotopic (exact) mass is 319 g/mol. The van der Waals surface area contributed by atoms with Crippen LogP contribution in [-0.2, 0) is 4.79 Å². The van der Waals surface area contributed by atoms with Gasteiger partial charge in [-0.2, -0.15) is 0 Å². The molecule has 0 unspecified atom stereocenters. The number of halogens is 1. The van der Waals surface area contributed by atoms with E-state index >= 15 is 0 Å². The van der Waals surface area contributed by atoms with E-state index in [-0.39, 0.29) is 11.7 Å². The highest BCUT2D eigenvalue weighted by Gasteiger charge is 2.11. The summed E-state index contributed by atoms with van der Waals surface area (Å²) in [6.07, 6.45) is 0. The van der Waals surface area contributed by atoms with Gasteiger partial charge >= 0.3 is 5.97 Å². The van der Waals surface area contributed by atoms with Crippen LogP contribution in [0.1, 0.15) is 15.9 Å². The zero-order valence-electron chi connectivity index (χ0n) is 11.8. The Morgan fingerprint density at radius 2 is 1.86 bits per heavy atom. The number of benzene rings is 2. The van der Waals surface area contributed by atoms with Crippen LogP contribution >= 0.6 is 11.6 Å². The van der Waals surface area contributed by atoms with E-state index < -0.39 is 12.6 Å². The molecule has 2 aromatic carbocycles. The van der Waals surface area contributed by atoms with Crippen LogP contribution in [0.25, 0.3) is 0 Å². The molecule has 0 atom stereocenters. The number of hydrogen-bond donors (Lipinski definition) is 2. The molecule has 1 amide bonds. The molecule has 0 aliphatic rings. The van der Waals surface area contributed by atoms with Crippen LogP contribution in [0.3, 0.4) is 0 Å². The van der Waals surface area contributed by atoms with Crippen molar-refractivity contribution in [2.75, 3.05) is 11.9 Å². The van der Waals surface area contributed by atoms with Gasteiger partial charge in [0.25, 0.3) is 5.91 Å². The van der Waals surface area contributed by atoms with Gasteiger partial charge in [0.05, 0.1) is 5.69 Å². The fourth-order valence-electron chi connectivity index (χ4n) is 1.76. The van der Waals surface area contributed by atoms with Crippen molar-refractivity contribution in [1.82, 2.24) is 0 Å². The fraction of sp³-hybridized carbons (Fsp3) is 0.125. The van der Waals surface area contributed by atoms with Crippen LogP contribution in [-0.4, -0.2) is 23.6 Å². The van der Waals surface area contributed by atoms with Crippen molar-refractivity contribution in [2.24, 2.45) is 0 Å². The molecule has 114 valence electrons.